The zero-order chi connectivity index (χ0) is 17.1. The Labute approximate surface area is 140 Å². The average molecular weight is 328 g/mol. The van der Waals surface area contributed by atoms with E-state index in [-0.39, 0.29) is 5.91 Å². The molecule has 0 bridgehead atoms. The lowest BCUT2D eigenvalue weighted by molar-refractivity contribution is 0.0980. The summed E-state index contributed by atoms with van der Waals surface area (Å²) in [4.78, 5) is 14.6. The maximum Gasteiger partial charge on any atom is 0.280 e. The molecule has 0 fully saturated rings. The Hall–Kier alpha value is -2.83. The van der Waals surface area contributed by atoms with Gasteiger partial charge in [0.15, 0.2) is 5.69 Å². The molecular weight excluding hydrogens is 308 g/mol. The van der Waals surface area contributed by atoms with Crippen molar-refractivity contribution in [2.45, 2.75) is 19.4 Å². The first-order valence-corrected chi connectivity index (χ1v) is 7.75. The highest BCUT2D eigenvalue weighted by molar-refractivity contribution is 6.05. The van der Waals surface area contributed by atoms with E-state index < -0.39 is 0 Å². The number of benzene rings is 1. The van der Waals surface area contributed by atoms with Crippen LogP contribution in [0.1, 0.15) is 22.5 Å². The molecule has 3 rings (SSSR count). The van der Waals surface area contributed by atoms with Crippen molar-refractivity contribution in [1.82, 2.24) is 15.0 Å². The van der Waals surface area contributed by atoms with Crippen molar-refractivity contribution in [3.63, 3.8) is 0 Å². The zero-order valence-corrected chi connectivity index (χ0v) is 13.9. The van der Waals surface area contributed by atoms with Crippen LogP contribution < -0.4 is 14.4 Å². The van der Waals surface area contributed by atoms with E-state index in [1.54, 1.807) is 36.1 Å². The van der Waals surface area contributed by atoms with E-state index in [0.717, 1.165) is 29.8 Å². The Kier molecular flexibility index (Phi) is 4.50. The van der Waals surface area contributed by atoms with Crippen molar-refractivity contribution < 1.29 is 14.3 Å². The van der Waals surface area contributed by atoms with Gasteiger partial charge in [0, 0.05) is 24.2 Å². The molecule has 2 heterocycles. The quantitative estimate of drug-likeness (QED) is 0.786. The molecule has 0 radical (unpaired) electrons. The number of nitrogens with zero attached hydrogens (tertiary/aromatic N) is 4. The minimum atomic E-state index is -0.179. The number of hydrogen-bond donors (Lipinski definition) is 0. The van der Waals surface area contributed by atoms with Crippen LogP contribution in [0.25, 0.3) is 0 Å². The lowest BCUT2D eigenvalue weighted by Crippen LogP contribution is -2.36. The summed E-state index contributed by atoms with van der Waals surface area (Å²) in [5.41, 5.74) is 2.13. The molecule has 24 heavy (non-hydrogen) atoms. The number of fused-ring (bicyclic) bond motifs is 1. The lowest BCUT2D eigenvalue weighted by atomic mass is 9.99. The second-order valence-electron chi connectivity index (χ2n) is 5.50. The summed E-state index contributed by atoms with van der Waals surface area (Å²) in [5, 5.41) is 7.92. The monoisotopic (exact) mass is 328 g/mol. The van der Waals surface area contributed by atoms with Crippen molar-refractivity contribution in [3.05, 3.63) is 42.2 Å². The van der Waals surface area contributed by atoms with Crippen molar-refractivity contribution >= 4 is 11.6 Å². The second kappa shape index (κ2) is 6.74. The summed E-state index contributed by atoms with van der Waals surface area (Å²) in [6.45, 7) is 4.79. The number of anilines is 1. The molecule has 2 aromatic rings. The lowest BCUT2D eigenvalue weighted by Gasteiger charge is -2.30. The van der Waals surface area contributed by atoms with Crippen molar-refractivity contribution in [3.8, 4) is 11.5 Å². The fourth-order valence-electron chi connectivity index (χ4n) is 2.90. The smallest absolute Gasteiger partial charge is 0.280 e. The van der Waals surface area contributed by atoms with Crippen LogP contribution in [0.2, 0.25) is 0 Å². The normalized spacial score (nSPS) is 13.3. The van der Waals surface area contributed by atoms with Crippen LogP contribution in [0.4, 0.5) is 5.69 Å². The van der Waals surface area contributed by atoms with Gasteiger partial charge in [0.25, 0.3) is 5.91 Å². The summed E-state index contributed by atoms with van der Waals surface area (Å²) in [7, 11) is 3.22. The third-order valence-corrected chi connectivity index (χ3v) is 4.03. The molecule has 0 N–H and O–H groups in total. The Morgan fingerprint density at radius 2 is 2.21 bits per heavy atom. The molecule has 0 aliphatic carbocycles. The molecule has 0 spiro atoms. The molecule has 1 aromatic carbocycles. The average Bonchev–Trinajstić information content (AvgIpc) is 3.08. The van der Waals surface area contributed by atoms with Gasteiger partial charge in [-0.05, 0) is 12.8 Å². The highest BCUT2D eigenvalue weighted by Crippen LogP contribution is 2.38. The zero-order valence-electron chi connectivity index (χ0n) is 13.9. The Balaban J connectivity index is 1.98. The standard InChI is InChI=1S/C17H20N4O3/c1-4-7-20-11-14(18-19-20)17(22)21-8-5-6-13-15(21)9-12(23-2)10-16(13)24-3/h4,9-11H,1,5-8H2,2-3H3. The molecule has 0 unspecified atom stereocenters. The molecule has 0 saturated heterocycles. The van der Waals surface area contributed by atoms with Crippen LogP contribution in [-0.4, -0.2) is 41.7 Å². The van der Waals surface area contributed by atoms with Crippen molar-refractivity contribution in [2.24, 2.45) is 0 Å². The summed E-state index contributed by atoms with van der Waals surface area (Å²) in [6.07, 6.45) is 5.06. The second-order valence-corrected chi connectivity index (χ2v) is 5.50. The molecule has 1 amide bonds. The Morgan fingerprint density at radius 1 is 1.38 bits per heavy atom. The SMILES string of the molecule is C=CCn1cc(C(=O)N2CCCc3c(OC)cc(OC)cc32)nn1. The van der Waals surface area contributed by atoms with Crippen LogP contribution in [0.15, 0.2) is 31.0 Å². The molecule has 7 nitrogen and oxygen atoms in total. The minimum absolute atomic E-state index is 0.179. The molecule has 1 aromatic heterocycles. The molecule has 126 valence electrons. The highest BCUT2D eigenvalue weighted by Gasteiger charge is 2.28. The predicted octanol–water partition coefficient (Wildman–Crippen LogP) is 2.07. The Bertz CT molecular complexity index is 769. The third kappa shape index (κ3) is 2.84. The number of hydrogen-bond acceptors (Lipinski definition) is 5. The number of allylic oxidation sites excluding steroid dienone is 1. The summed E-state index contributed by atoms with van der Waals surface area (Å²) in [6, 6.07) is 3.70. The fraction of sp³-hybridized carbons (Fsp3) is 0.353. The topological polar surface area (TPSA) is 69.5 Å². The number of ether oxygens (including phenoxy) is 2. The van der Waals surface area contributed by atoms with Gasteiger partial charge in [0.2, 0.25) is 0 Å². The first-order valence-electron chi connectivity index (χ1n) is 7.75. The summed E-state index contributed by atoms with van der Waals surface area (Å²) >= 11 is 0. The maximum absolute atomic E-state index is 12.9. The van der Waals surface area contributed by atoms with Gasteiger partial charge in [-0.15, -0.1) is 11.7 Å². The largest absolute Gasteiger partial charge is 0.497 e. The summed E-state index contributed by atoms with van der Waals surface area (Å²) < 4.78 is 12.4. The van der Waals surface area contributed by atoms with E-state index in [9.17, 15) is 4.79 Å². The van der Waals surface area contributed by atoms with E-state index in [2.05, 4.69) is 16.9 Å². The molecule has 0 saturated carbocycles. The van der Waals surface area contributed by atoms with Gasteiger partial charge in [-0.1, -0.05) is 11.3 Å². The van der Waals surface area contributed by atoms with E-state index in [1.807, 2.05) is 12.1 Å². The van der Waals surface area contributed by atoms with Gasteiger partial charge in [-0.25, -0.2) is 4.68 Å². The number of aromatic nitrogens is 3. The molecule has 1 aliphatic heterocycles. The first-order chi connectivity index (χ1) is 11.7. The number of carbonyl (C=O) groups excluding carboxylic acids is 1. The highest BCUT2D eigenvalue weighted by atomic mass is 16.5. The molecule has 1 aliphatic rings. The van der Waals surface area contributed by atoms with Crippen molar-refractivity contribution in [1.29, 1.82) is 0 Å². The van der Waals surface area contributed by atoms with Gasteiger partial charge in [-0.2, -0.15) is 0 Å². The summed E-state index contributed by atoms with van der Waals surface area (Å²) in [5.74, 6) is 1.21. The maximum atomic E-state index is 12.9. The first kappa shape index (κ1) is 16.0. The van der Waals surface area contributed by atoms with Gasteiger partial charge >= 0.3 is 0 Å². The van der Waals surface area contributed by atoms with Crippen LogP contribution in [0.5, 0.6) is 11.5 Å². The predicted molar refractivity (Wildman–Crippen MR) is 89.8 cm³/mol. The van der Waals surface area contributed by atoms with Gasteiger partial charge in [0.05, 0.1) is 32.6 Å². The Morgan fingerprint density at radius 3 is 2.92 bits per heavy atom. The molecule has 7 heteroatoms. The van der Waals surface area contributed by atoms with Crippen LogP contribution >= 0.6 is 0 Å². The van der Waals surface area contributed by atoms with Crippen LogP contribution in [0, 0.1) is 0 Å². The molecule has 0 atom stereocenters. The number of carbonyl (C=O) groups is 1. The van der Waals surface area contributed by atoms with Gasteiger partial charge in [-0.3, -0.25) is 4.79 Å². The minimum Gasteiger partial charge on any atom is -0.497 e. The number of amides is 1. The third-order valence-electron chi connectivity index (χ3n) is 4.03. The van der Waals surface area contributed by atoms with E-state index in [0.29, 0.717) is 24.5 Å². The number of rotatable bonds is 5. The van der Waals surface area contributed by atoms with E-state index in [1.165, 1.54) is 0 Å². The van der Waals surface area contributed by atoms with Gasteiger partial charge in [0.1, 0.15) is 11.5 Å². The van der Waals surface area contributed by atoms with E-state index >= 15 is 0 Å². The fourth-order valence-corrected chi connectivity index (χ4v) is 2.90. The van der Waals surface area contributed by atoms with Crippen LogP contribution in [-0.2, 0) is 13.0 Å². The van der Waals surface area contributed by atoms with Crippen molar-refractivity contribution in [2.75, 3.05) is 25.7 Å². The van der Waals surface area contributed by atoms with Crippen LogP contribution in [0.3, 0.4) is 0 Å². The van der Waals surface area contributed by atoms with Gasteiger partial charge < -0.3 is 14.4 Å². The number of methoxy groups -OCH3 is 2. The molecular formula is C17H20N4O3. The van der Waals surface area contributed by atoms with E-state index in [4.69, 9.17) is 9.47 Å².